The summed E-state index contributed by atoms with van der Waals surface area (Å²) in [5.41, 5.74) is 4.92. The lowest BCUT2D eigenvalue weighted by atomic mass is 9.73. The first kappa shape index (κ1) is 111. The van der Waals surface area contributed by atoms with Gasteiger partial charge in [0.15, 0.2) is 18.7 Å². The fourth-order valence-electron chi connectivity index (χ4n) is 13.9. The average Bonchev–Trinajstić information content (AvgIpc) is 1.53. The van der Waals surface area contributed by atoms with Crippen LogP contribution < -0.4 is 0 Å². The molecule has 688 valence electrons. The molecule has 0 aromatic heterocycles. The average molecular weight is 1720 g/mol. The third kappa shape index (κ3) is 32.0. The number of alkyl halides is 12. The molecule has 2 aromatic rings. The van der Waals surface area contributed by atoms with E-state index in [4.69, 9.17) is 18.9 Å². The Labute approximate surface area is 704 Å². The van der Waals surface area contributed by atoms with Gasteiger partial charge < -0.3 is 33.2 Å². The SMILES string of the molecule is CCC(C)(C)C(=O)OC(CC)(CC)C1CCCCC1.CCC(C)(C)C(=O)OC1C2CC3C1CC(=O)C3(C(=O)OC(C(F)(F)F)C(F)(F)F)C2.CCC(C)(C)C(=O)OCC(=O)OC(C(F)(F)F)C(F)(F)F.CCC(C)c1cc(C(C)(C)C)cc(C(C)(C)C)c1.CCC(C)c1cc(C(C)(C)C)cc(C(C)(C)C)c1.CCOC(C)OC(=O)C(C)(C)CC. The number of Topliss-reactive ketones (excluding diaryl/α,β-unsaturated/α-hetero) is 1. The molecule has 8 unspecified atom stereocenters. The minimum atomic E-state index is -5.85. The van der Waals surface area contributed by atoms with Crippen molar-refractivity contribution < 1.29 is 119 Å². The van der Waals surface area contributed by atoms with E-state index in [-0.39, 0.29) is 63.9 Å². The maximum absolute atomic E-state index is 12.8. The number of carbonyl (C=O) groups is 7. The van der Waals surface area contributed by atoms with E-state index >= 15 is 0 Å². The molecule has 4 fully saturated rings. The molecule has 4 aliphatic carbocycles. The molecule has 4 aliphatic rings. The minimum absolute atomic E-state index is 0.00993. The second kappa shape index (κ2) is 43.6. The Bertz CT molecular complexity index is 3390. The molecule has 0 amide bonds. The predicted molar refractivity (Wildman–Crippen MR) is 441 cm³/mol. The molecule has 6 rings (SSSR count). The summed E-state index contributed by atoms with van der Waals surface area (Å²) in [5, 5.41) is 0. The first-order valence-corrected chi connectivity index (χ1v) is 42.7. The van der Waals surface area contributed by atoms with Crippen LogP contribution in [0.5, 0.6) is 0 Å². The van der Waals surface area contributed by atoms with Gasteiger partial charge in [-0.25, -0.2) is 4.79 Å². The second-order valence-corrected chi connectivity index (χ2v) is 39.5. The summed E-state index contributed by atoms with van der Waals surface area (Å²) in [4.78, 5) is 83.8. The molecule has 0 heterocycles. The van der Waals surface area contributed by atoms with Gasteiger partial charge in [-0.3, -0.25) is 28.8 Å². The second-order valence-electron chi connectivity index (χ2n) is 39.5. The highest BCUT2D eigenvalue weighted by molar-refractivity contribution is 6.07. The van der Waals surface area contributed by atoms with Crippen molar-refractivity contribution in [2.45, 2.75) is 413 Å². The molecule has 8 atom stereocenters. The molecule has 0 spiro atoms. The number of halogens is 12. The first-order valence-electron chi connectivity index (χ1n) is 42.7. The quantitative estimate of drug-likeness (QED) is 0.0301. The molecule has 26 heteroatoms. The molecule has 2 aromatic carbocycles. The number of carbonyl (C=O) groups excluding carboxylic acids is 7. The van der Waals surface area contributed by atoms with Crippen molar-refractivity contribution in [3.63, 3.8) is 0 Å². The molecule has 4 saturated carbocycles. The normalized spacial score (nSPS) is 19.6. The Morgan fingerprint density at radius 1 is 0.445 bits per heavy atom. The van der Waals surface area contributed by atoms with Gasteiger partial charge in [-0.05, 0) is 231 Å². The van der Waals surface area contributed by atoms with Crippen molar-refractivity contribution in [2.75, 3.05) is 13.2 Å². The number of ketones is 1. The van der Waals surface area contributed by atoms with Crippen LogP contribution in [0.3, 0.4) is 0 Å². The topological polar surface area (TPSA) is 184 Å². The molecular weight excluding hydrogens is 1570 g/mol. The molecular formula is C93H148F12O14. The van der Waals surface area contributed by atoms with Gasteiger partial charge in [0.2, 0.25) is 0 Å². The minimum Gasteiger partial charge on any atom is -0.461 e. The number of fused-ring (bicyclic) bond motifs is 1. The van der Waals surface area contributed by atoms with Gasteiger partial charge in [0.25, 0.3) is 12.2 Å². The Morgan fingerprint density at radius 2 is 0.798 bits per heavy atom. The fraction of sp³-hybridized carbons (Fsp3) is 0.796. The highest BCUT2D eigenvalue weighted by atomic mass is 19.4. The molecule has 0 aliphatic heterocycles. The number of ether oxygens (including phenoxy) is 7. The van der Waals surface area contributed by atoms with E-state index in [0.717, 1.165) is 25.7 Å². The zero-order chi connectivity index (χ0) is 93.2. The number of hydrogen-bond acceptors (Lipinski definition) is 14. The van der Waals surface area contributed by atoms with Gasteiger partial charge >= 0.3 is 60.5 Å². The van der Waals surface area contributed by atoms with Gasteiger partial charge in [-0.1, -0.05) is 208 Å². The van der Waals surface area contributed by atoms with E-state index in [9.17, 15) is 86.2 Å². The van der Waals surface area contributed by atoms with Gasteiger partial charge in [0, 0.05) is 18.9 Å². The summed E-state index contributed by atoms with van der Waals surface area (Å²) in [6, 6.07) is 14.4. The number of hydrogen-bond donors (Lipinski definition) is 0. The summed E-state index contributed by atoms with van der Waals surface area (Å²) in [6.07, 6.45) is -20.3. The summed E-state index contributed by atoms with van der Waals surface area (Å²) < 4.78 is 183. The Kier molecular flexibility index (Phi) is 40.7. The van der Waals surface area contributed by atoms with Crippen LogP contribution in [0.4, 0.5) is 52.7 Å². The van der Waals surface area contributed by atoms with Crippen molar-refractivity contribution in [3.8, 4) is 0 Å². The molecule has 0 N–H and O–H groups in total. The summed E-state index contributed by atoms with van der Waals surface area (Å²) >= 11 is 0. The zero-order valence-electron chi connectivity index (χ0n) is 77.7. The van der Waals surface area contributed by atoms with E-state index < -0.39 is 125 Å². The Morgan fingerprint density at radius 3 is 1.13 bits per heavy atom. The number of benzene rings is 2. The van der Waals surface area contributed by atoms with Gasteiger partial charge in [0.05, 0.1) is 21.7 Å². The maximum atomic E-state index is 12.8. The third-order valence-electron chi connectivity index (χ3n) is 24.7. The number of rotatable bonds is 25. The van der Waals surface area contributed by atoms with Crippen molar-refractivity contribution in [1.82, 2.24) is 0 Å². The van der Waals surface area contributed by atoms with Crippen LogP contribution in [0.1, 0.15) is 370 Å². The molecule has 119 heavy (non-hydrogen) atoms. The van der Waals surface area contributed by atoms with E-state index in [0.29, 0.717) is 37.2 Å². The molecule has 14 nitrogen and oxygen atoms in total. The number of esters is 6. The van der Waals surface area contributed by atoms with Crippen molar-refractivity contribution >= 4 is 41.6 Å². The summed E-state index contributed by atoms with van der Waals surface area (Å²) in [6.45, 7) is 65.4. The summed E-state index contributed by atoms with van der Waals surface area (Å²) in [5.74, 6) is -6.16. The Hall–Kier alpha value is -5.95. The lowest BCUT2D eigenvalue weighted by molar-refractivity contribution is -0.316. The molecule has 0 radical (unpaired) electrons. The molecule has 2 bridgehead atoms. The first-order chi connectivity index (χ1) is 53.7. The van der Waals surface area contributed by atoms with E-state index in [1.54, 1.807) is 34.6 Å². The van der Waals surface area contributed by atoms with Crippen LogP contribution in [0.25, 0.3) is 0 Å². The van der Waals surface area contributed by atoms with Gasteiger partial charge in [-0.2, -0.15) is 52.7 Å². The van der Waals surface area contributed by atoms with E-state index in [1.807, 2.05) is 41.5 Å². The van der Waals surface area contributed by atoms with E-state index in [1.165, 1.54) is 92.2 Å². The van der Waals surface area contributed by atoms with Gasteiger partial charge in [-0.15, -0.1) is 0 Å². The van der Waals surface area contributed by atoms with Crippen molar-refractivity contribution in [1.29, 1.82) is 0 Å². The Balaban J connectivity index is 0.000000728. The highest BCUT2D eigenvalue weighted by Gasteiger charge is 2.74. The van der Waals surface area contributed by atoms with Crippen LogP contribution in [-0.2, 0) is 88.4 Å². The predicted octanol–water partition coefficient (Wildman–Crippen LogP) is 26.0. The van der Waals surface area contributed by atoms with Crippen LogP contribution in [0.2, 0.25) is 0 Å². The van der Waals surface area contributed by atoms with Gasteiger partial charge in [0.1, 0.15) is 17.1 Å². The lowest BCUT2D eigenvalue weighted by Crippen LogP contribution is -2.51. The largest absolute Gasteiger partial charge is 0.461 e. The standard InChI is InChI=1S/C19H22F6O5.2C18H30.C17H32O2.C11H14F6O4.C10H20O3/c1-4-16(2,3)14(27)29-12-8-5-10-9(12)6-11(26)17(10,7-8)15(28)30-13(18(20,21)22)19(23,24)25;2*1-9-13(2)14-10-15(17(3,4)5)12-16(11-14)18(6,7)8;1-6-16(4,5)15(18)19-17(7-2,8-3)14-12-10-9-11-13-14;1-4-9(2,3)8(19)20-5-6(18)21-7(10(12,13)14)11(15,16)17;1-6-10(4,5)9(11)13-8(3)12-7-2/h8-10,12-13H,4-7H2,1-3H3;2*10-13H,9H2,1-8H3;14H,6-13H2,1-5H3;7H,4-5H2,1-3H3;8H,6-7H2,1-5H3. The van der Waals surface area contributed by atoms with Crippen molar-refractivity contribution in [3.05, 3.63) is 69.8 Å². The lowest BCUT2D eigenvalue weighted by Gasteiger charge is -2.42. The van der Waals surface area contributed by atoms with E-state index in [2.05, 4.69) is 182 Å². The van der Waals surface area contributed by atoms with Crippen LogP contribution in [0.15, 0.2) is 36.4 Å². The third-order valence-corrected chi connectivity index (χ3v) is 24.7. The van der Waals surface area contributed by atoms with Crippen LogP contribution in [0, 0.1) is 50.7 Å². The zero-order valence-corrected chi connectivity index (χ0v) is 77.7. The smallest absolute Gasteiger partial charge is 0.434 e. The molecule has 0 saturated heterocycles. The maximum Gasteiger partial charge on any atom is 0.434 e. The van der Waals surface area contributed by atoms with Crippen molar-refractivity contribution in [2.24, 2.45) is 50.7 Å². The van der Waals surface area contributed by atoms with Crippen LogP contribution >= 0.6 is 0 Å². The highest BCUT2D eigenvalue weighted by Crippen LogP contribution is 2.67. The van der Waals surface area contributed by atoms with Crippen LogP contribution in [-0.4, -0.2) is 110 Å². The monoisotopic (exact) mass is 1720 g/mol. The fourth-order valence-corrected chi connectivity index (χ4v) is 13.9. The summed E-state index contributed by atoms with van der Waals surface area (Å²) in [7, 11) is 0.